The van der Waals surface area contributed by atoms with Crippen LogP contribution in [0.1, 0.15) is 11.1 Å². The maximum atomic E-state index is 11.9. The molecule has 0 saturated carbocycles. The van der Waals surface area contributed by atoms with Gasteiger partial charge >= 0.3 is 6.09 Å². The van der Waals surface area contributed by atoms with E-state index in [0.29, 0.717) is 5.69 Å². The quantitative estimate of drug-likeness (QED) is 0.786. The van der Waals surface area contributed by atoms with E-state index in [-0.39, 0.29) is 18.1 Å². The Hall–Kier alpha value is -3.59. The summed E-state index contributed by atoms with van der Waals surface area (Å²) in [6.45, 7) is 0.119. The van der Waals surface area contributed by atoms with Gasteiger partial charge in [-0.1, -0.05) is 65.8 Å². The number of rotatable bonds is 4. The molecule has 1 N–H and O–H groups in total. The fraction of sp³-hybridized carbons (Fsp3) is 0.0556. The molecule has 0 aliphatic rings. The highest BCUT2D eigenvalue weighted by molar-refractivity contribution is 5.86. The van der Waals surface area contributed by atoms with Crippen molar-refractivity contribution in [2.24, 2.45) is 0 Å². The summed E-state index contributed by atoms with van der Waals surface area (Å²) in [4.78, 5) is 11.9. The Labute approximate surface area is 138 Å². The standard InChI is InChI=1S/C18H13N3O3/c19-11-15-16(14-9-5-2-6-10-14)21-24-17(15)20-18(22)23-12-13-7-3-1-4-8-13/h1-10H,12H2,(H,20,22). The van der Waals surface area contributed by atoms with E-state index < -0.39 is 6.09 Å². The van der Waals surface area contributed by atoms with E-state index in [1.807, 2.05) is 54.6 Å². The number of amides is 1. The molecule has 1 amide bonds. The summed E-state index contributed by atoms with van der Waals surface area (Å²) >= 11 is 0. The van der Waals surface area contributed by atoms with E-state index in [1.54, 1.807) is 12.1 Å². The van der Waals surface area contributed by atoms with Gasteiger partial charge in [-0.2, -0.15) is 5.26 Å². The second-order valence-electron chi connectivity index (χ2n) is 4.90. The second-order valence-corrected chi connectivity index (χ2v) is 4.90. The fourth-order valence-corrected chi connectivity index (χ4v) is 2.12. The van der Waals surface area contributed by atoms with Gasteiger partial charge in [-0.25, -0.2) is 4.79 Å². The Kier molecular flexibility index (Phi) is 4.54. The molecule has 0 bridgehead atoms. The Morgan fingerprint density at radius 1 is 1.12 bits per heavy atom. The van der Waals surface area contributed by atoms with Crippen LogP contribution in [0.25, 0.3) is 11.3 Å². The maximum absolute atomic E-state index is 11.9. The molecule has 2 aromatic carbocycles. The van der Waals surface area contributed by atoms with Crippen LogP contribution in [0.5, 0.6) is 0 Å². The molecule has 0 fully saturated rings. The molecule has 1 heterocycles. The van der Waals surface area contributed by atoms with Crippen molar-refractivity contribution >= 4 is 12.0 Å². The van der Waals surface area contributed by atoms with E-state index in [1.165, 1.54) is 0 Å². The van der Waals surface area contributed by atoms with Crippen LogP contribution in [-0.4, -0.2) is 11.2 Å². The minimum Gasteiger partial charge on any atom is -0.444 e. The lowest BCUT2D eigenvalue weighted by Crippen LogP contribution is -2.13. The molecule has 0 atom stereocenters. The van der Waals surface area contributed by atoms with Gasteiger partial charge in [0.15, 0.2) is 0 Å². The number of nitriles is 1. The first-order chi connectivity index (χ1) is 11.8. The summed E-state index contributed by atoms with van der Waals surface area (Å²) in [5.74, 6) is -0.0329. The number of nitrogens with zero attached hydrogens (tertiary/aromatic N) is 2. The molecule has 0 saturated heterocycles. The summed E-state index contributed by atoms with van der Waals surface area (Å²) in [6, 6.07) is 20.4. The smallest absolute Gasteiger partial charge is 0.414 e. The number of aromatic nitrogens is 1. The zero-order valence-corrected chi connectivity index (χ0v) is 12.6. The van der Waals surface area contributed by atoms with E-state index in [9.17, 15) is 10.1 Å². The third kappa shape index (κ3) is 3.42. The highest BCUT2D eigenvalue weighted by Crippen LogP contribution is 2.27. The summed E-state index contributed by atoms with van der Waals surface area (Å²) in [7, 11) is 0. The van der Waals surface area contributed by atoms with E-state index in [0.717, 1.165) is 11.1 Å². The number of carbonyl (C=O) groups is 1. The van der Waals surface area contributed by atoms with Crippen LogP contribution in [0.15, 0.2) is 65.2 Å². The van der Waals surface area contributed by atoms with Gasteiger partial charge in [0.2, 0.25) is 0 Å². The van der Waals surface area contributed by atoms with Crippen LogP contribution >= 0.6 is 0 Å². The van der Waals surface area contributed by atoms with E-state index in [2.05, 4.69) is 10.5 Å². The first kappa shape index (κ1) is 15.3. The third-order valence-electron chi connectivity index (χ3n) is 3.28. The van der Waals surface area contributed by atoms with Crippen molar-refractivity contribution in [1.29, 1.82) is 5.26 Å². The summed E-state index contributed by atoms with van der Waals surface area (Å²) in [6.07, 6.45) is -0.717. The van der Waals surface area contributed by atoms with Crippen molar-refractivity contribution in [3.05, 3.63) is 71.8 Å². The molecule has 6 nitrogen and oxygen atoms in total. The summed E-state index contributed by atoms with van der Waals surface area (Å²) < 4.78 is 10.2. The number of ether oxygens (including phenoxy) is 1. The molecule has 118 valence electrons. The first-order valence-corrected chi connectivity index (χ1v) is 7.21. The van der Waals surface area contributed by atoms with Crippen LogP contribution in [0.2, 0.25) is 0 Å². The molecule has 0 aliphatic carbocycles. The molecular formula is C18H13N3O3. The van der Waals surface area contributed by atoms with Gasteiger partial charge in [0.25, 0.3) is 5.88 Å². The molecule has 1 aromatic heterocycles. The molecule has 3 rings (SSSR count). The predicted molar refractivity (Wildman–Crippen MR) is 86.9 cm³/mol. The number of hydrogen-bond donors (Lipinski definition) is 1. The van der Waals surface area contributed by atoms with Crippen molar-refractivity contribution in [3.63, 3.8) is 0 Å². The van der Waals surface area contributed by atoms with Gasteiger partial charge in [-0.3, -0.25) is 5.32 Å². The Balaban J connectivity index is 1.70. The van der Waals surface area contributed by atoms with Crippen molar-refractivity contribution in [1.82, 2.24) is 5.16 Å². The van der Waals surface area contributed by atoms with Gasteiger partial charge in [0.05, 0.1) is 0 Å². The van der Waals surface area contributed by atoms with Gasteiger partial charge in [-0.05, 0) is 5.56 Å². The van der Waals surface area contributed by atoms with Crippen LogP contribution < -0.4 is 5.32 Å². The lowest BCUT2D eigenvalue weighted by Gasteiger charge is -2.04. The number of carbonyl (C=O) groups excluding carboxylic acids is 1. The predicted octanol–water partition coefficient (Wildman–Crippen LogP) is 3.96. The number of nitrogens with one attached hydrogen (secondary N) is 1. The minimum absolute atomic E-state index is 0.0329. The fourth-order valence-electron chi connectivity index (χ4n) is 2.12. The molecule has 0 aliphatic heterocycles. The molecule has 6 heteroatoms. The van der Waals surface area contributed by atoms with Gasteiger partial charge in [0, 0.05) is 5.56 Å². The highest BCUT2D eigenvalue weighted by Gasteiger charge is 2.19. The lowest BCUT2D eigenvalue weighted by molar-refractivity contribution is 0.154. The van der Waals surface area contributed by atoms with Crippen LogP contribution in [-0.2, 0) is 11.3 Å². The normalized spacial score (nSPS) is 9.96. The maximum Gasteiger partial charge on any atom is 0.414 e. The Morgan fingerprint density at radius 2 is 1.79 bits per heavy atom. The molecule has 0 radical (unpaired) electrons. The molecule has 0 unspecified atom stereocenters. The van der Waals surface area contributed by atoms with E-state index in [4.69, 9.17) is 9.26 Å². The largest absolute Gasteiger partial charge is 0.444 e. The molecule has 24 heavy (non-hydrogen) atoms. The van der Waals surface area contributed by atoms with Crippen molar-refractivity contribution < 1.29 is 14.1 Å². The topological polar surface area (TPSA) is 88.2 Å². The van der Waals surface area contributed by atoms with E-state index >= 15 is 0 Å². The number of hydrogen-bond acceptors (Lipinski definition) is 5. The van der Waals surface area contributed by atoms with Gasteiger partial charge < -0.3 is 9.26 Å². The van der Waals surface area contributed by atoms with Crippen LogP contribution in [0, 0.1) is 11.3 Å². The minimum atomic E-state index is -0.717. The average Bonchev–Trinajstić information content (AvgIpc) is 3.04. The summed E-state index contributed by atoms with van der Waals surface area (Å²) in [5.41, 5.74) is 2.11. The monoisotopic (exact) mass is 319 g/mol. The second kappa shape index (κ2) is 7.11. The van der Waals surface area contributed by atoms with Crippen molar-refractivity contribution in [3.8, 4) is 17.3 Å². The third-order valence-corrected chi connectivity index (χ3v) is 3.28. The molecular weight excluding hydrogens is 306 g/mol. The number of benzene rings is 2. The SMILES string of the molecule is N#Cc1c(-c2ccccc2)noc1NC(=O)OCc1ccccc1. The number of anilines is 1. The van der Waals surface area contributed by atoms with Crippen LogP contribution in [0.3, 0.4) is 0 Å². The zero-order valence-electron chi connectivity index (χ0n) is 12.6. The van der Waals surface area contributed by atoms with Gasteiger partial charge in [-0.15, -0.1) is 0 Å². The first-order valence-electron chi connectivity index (χ1n) is 7.21. The van der Waals surface area contributed by atoms with Crippen molar-refractivity contribution in [2.75, 3.05) is 5.32 Å². The Bertz CT molecular complexity index is 868. The molecule has 3 aromatic rings. The zero-order chi connectivity index (χ0) is 16.8. The van der Waals surface area contributed by atoms with Crippen molar-refractivity contribution in [2.45, 2.75) is 6.61 Å². The van der Waals surface area contributed by atoms with Gasteiger partial charge in [0.1, 0.15) is 23.9 Å². The Morgan fingerprint density at radius 3 is 2.46 bits per heavy atom. The lowest BCUT2D eigenvalue weighted by atomic mass is 10.1. The summed E-state index contributed by atoms with van der Waals surface area (Å²) in [5, 5.41) is 15.6. The van der Waals surface area contributed by atoms with Crippen LogP contribution in [0.4, 0.5) is 10.7 Å². The molecule has 0 spiro atoms. The highest BCUT2D eigenvalue weighted by atomic mass is 16.6. The average molecular weight is 319 g/mol.